The molecule has 0 spiro atoms. The Hall–Kier alpha value is -1.87. The van der Waals surface area contributed by atoms with Gasteiger partial charge in [0.05, 0.1) is 0 Å². The van der Waals surface area contributed by atoms with Crippen molar-refractivity contribution in [1.82, 2.24) is 4.90 Å². The highest BCUT2D eigenvalue weighted by Crippen LogP contribution is 2.25. The number of rotatable bonds is 8. The molecule has 1 aromatic carbocycles. The third-order valence-corrected chi connectivity index (χ3v) is 5.31. The van der Waals surface area contributed by atoms with E-state index in [2.05, 4.69) is 44.2 Å². The molecule has 0 bridgehead atoms. The van der Waals surface area contributed by atoms with Gasteiger partial charge in [0, 0.05) is 25.6 Å². The summed E-state index contributed by atoms with van der Waals surface area (Å²) >= 11 is 0. The molecule has 1 aliphatic heterocycles. The van der Waals surface area contributed by atoms with Crippen molar-refractivity contribution in [2.24, 2.45) is 11.7 Å². The number of nitrogens with two attached hydrogens (primary N) is 1. The standard InChI is InChI=1S/C23H34N2O/c1-3-8-19(4-2)17-21-13-15-25(16-14-21)23(26)12-11-22(24)18-20-9-6-5-7-10-20/h3-10,21-22H,11-18,24H2,1-2H3/b8-3-,19-4+. The SMILES string of the molecule is C/C=C\C(=C/C)CC1CCN(C(=O)CCC(N)Cc2ccccc2)CC1. The van der Waals surface area contributed by atoms with Gasteiger partial charge in [-0.25, -0.2) is 0 Å². The molecule has 142 valence electrons. The van der Waals surface area contributed by atoms with Crippen molar-refractivity contribution < 1.29 is 4.79 Å². The fourth-order valence-corrected chi connectivity index (χ4v) is 3.70. The molecule has 2 rings (SSSR count). The predicted octanol–water partition coefficient (Wildman–Crippen LogP) is 4.49. The average Bonchev–Trinajstić information content (AvgIpc) is 2.67. The lowest BCUT2D eigenvalue weighted by Gasteiger charge is -2.32. The fraction of sp³-hybridized carbons (Fsp3) is 0.522. The zero-order chi connectivity index (χ0) is 18.8. The number of allylic oxidation sites excluding steroid dienone is 4. The summed E-state index contributed by atoms with van der Waals surface area (Å²) in [7, 11) is 0. The van der Waals surface area contributed by atoms with Gasteiger partial charge in [-0.2, -0.15) is 0 Å². The molecule has 3 nitrogen and oxygen atoms in total. The van der Waals surface area contributed by atoms with Crippen LogP contribution in [0.25, 0.3) is 0 Å². The van der Waals surface area contributed by atoms with Crippen LogP contribution in [0.1, 0.15) is 51.5 Å². The van der Waals surface area contributed by atoms with Crippen LogP contribution >= 0.6 is 0 Å². The Kier molecular flexibility index (Phi) is 8.63. The highest BCUT2D eigenvalue weighted by Gasteiger charge is 2.23. The molecule has 0 aliphatic carbocycles. The van der Waals surface area contributed by atoms with Crippen molar-refractivity contribution in [1.29, 1.82) is 0 Å². The molecule has 1 saturated heterocycles. The number of hydrogen-bond acceptors (Lipinski definition) is 2. The highest BCUT2D eigenvalue weighted by atomic mass is 16.2. The van der Waals surface area contributed by atoms with Gasteiger partial charge in [-0.15, -0.1) is 0 Å². The van der Waals surface area contributed by atoms with Crippen LogP contribution in [0.5, 0.6) is 0 Å². The first kappa shape index (κ1) is 20.4. The van der Waals surface area contributed by atoms with Gasteiger partial charge in [0.25, 0.3) is 0 Å². The van der Waals surface area contributed by atoms with Crippen LogP contribution in [0.15, 0.2) is 54.1 Å². The number of amides is 1. The normalized spacial score (nSPS) is 17.7. The average molecular weight is 355 g/mol. The Morgan fingerprint density at radius 2 is 1.92 bits per heavy atom. The van der Waals surface area contributed by atoms with Gasteiger partial charge in [-0.1, -0.05) is 54.1 Å². The number of benzene rings is 1. The van der Waals surface area contributed by atoms with Crippen molar-refractivity contribution in [3.8, 4) is 0 Å². The molecule has 1 unspecified atom stereocenters. The number of carbonyl (C=O) groups is 1. The van der Waals surface area contributed by atoms with Gasteiger partial charge in [-0.3, -0.25) is 4.79 Å². The van der Waals surface area contributed by atoms with Crippen molar-refractivity contribution in [2.75, 3.05) is 13.1 Å². The maximum Gasteiger partial charge on any atom is 0.222 e. The molecule has 3 heteroatoms. The molecule has 26 heavy (non-hydrogen) atoms. The van der Waals surface area contributed by atoms with E-state index in [1.165, 1.54) is 11.1 Å². The van der Waals surface area contributed by atoms with Crippen LogP contribution in [0, 0.1) is 5.92 Å². The summed E-state index contributed by atoms with van der Waals surface area (Å²) in [5, 5.41) is 0. The van der Waals surface area contributed by atoms with Gasteiger partial charge >= 0.3 is 0 Å². The lowest BCUT2D eigenvalue weighted by molar-refractivity contribution is -0.132. The third-order valence-electron chi connectivity index (χ3n) is 5.31. The maximum atomic E-state index is 12.5. The summed E-state index contributed by atoms with van der Waals surface area (Å²) in [5.74, 6) is 0.966. The maximum absolute atomic E-state index is 12.5. The van der Waals surface area contributed by atoms with Crippen molar-refractivity contribution in [3.05, 3.63) is 59.7 Å². The molecule has 1 amide bonds. The summed E-state index contributed by atoms with van der Waals surface area (Å²) in [6, 6.07) is 10.3. The minimum atomic E-state index is 0.0527. The molecule has 1 aliphatic rings. The Morgan fingerprint density at radius 1 is 1.23 bits per heavy atom. The summed E-state index contributed by atoms with van der Waals surface area (Å²) in [6.45, 7) is 5.95. The van der Waals surface area contributed by atoms with Crippen molar-refractivity contribution in [2.45, 2.75) is 58.4 Å². The molecule has 0 aromatic heterocycles. The molecule has 1 fully saturated rings. The Labute approximate surface area is 159 Å². The molecule has 0 radical (unpaired) electrons. The largest absolute Gasteiger partial charge is 0.343 e. The van der Waals surface area contributed by atoms with E-state index >= 15 is 0 Å². The van der Waals surface area contributed by atoms with Crippen LogP contribution in [0.4, 0.5) is 0 Å². The van der Waals surface area contributed by atoms with E-state index in [1.807, 2.05) is 23.1 Å². The first-order valence-corrected chi connectivity index (χ1v) is 9.97. The molecular weight excluding hydrogens is 320 g/mol. The monoisotopic (exact) mass is 354 g/mol. The third kappa shape index (κ3) is 6.80. The van der Waals surface area contributed by atoms with Crippen LogP contribution < -0.4 is 5.73 Å². The number of carbonyl (C=O) groups excluding carboxylic acids is 1. The molecule has 1 atom stereocenters. The van der Waals surface area contributed by atoms with Gasteiger partial charge in [-0.05, 0) is 57.4 Å². The Balaban J connectivity index is 1.69. The van der Waals surface area contributed by atoms with E-state index in [1.54, 1.807) is 0 Å². The quantitative estimate of drug-likeness (QED) is 0.699. The summed E-state index contributed by atoms with van der Waals surface area (Å²) in [5.41, 5.74) is 8.87. The zero-order valence-electron chi connectivity index (χ0n) is 16.4. The van der Waals surface area contributed by atoms with Gasteiger partial charge in [0.1, 0.15) is 0 Å². The number of hydrogen-bond donors (Lipinski definition) is 1. The van der Waals surface area contributed by atoms with E-state index in [0.29, 0.717) is 12.3 Å². The first-order valence-electron chi connectivity index (χ1n) is 9.97. The smallest absolute Gasteiger partial charge is 0.222 e. The summed E-state index contributed by atoms with van der Waals surface area (Å²) < 4.78 is 0. The van der Waals surface area contributed by atoms with Gasteiger partial charge in [0.15, 0.2) is 0 Å². The lowest BCUT2D eigenvalue weighted by atomic mass is 9.89. The lowest BCUT2D eigenvalue weighted by Crippen LogP contribution is -2.39. The van der Waals surface area contributed by atoms with Gasteiger partial charge < -0.3 is 10.6 Å². The second-order valence-corrected chi connectivity index (χ2v) is 7.38. The summed E-state index contributed by atoms with van der Waals surface area (Å²) in [4.78, 5) is 14.5. The van der Waals surface area contributed by atoms with Crippen LogP contribution in [0.2, 0.25) is 0 Å². The minimum absolute atomic E-state index is 0.0527. The molecule has 2 N–H and O–H groups in total. The molecule has 0 saturated carbocycles. The highest BCUT2D eigenvalue weighted by molar-refractivity contribution is 5.76. The van der Waals surface area contributed by atoms with E-state index in [9.17, 15) is 4.79 Å². The van der Waals surface area contributed by atoms with Crippen LogP contribution in [0.3, 0.4) is 0 Å². The second-order valence-electron chi connectivity index (χ2n) is 7.38. The molecule has 1 heterocycles. The Bertz CT molecular complexity index is 598. The molecule has 1 aromatic rings. The molecular formula is C23H34N2O. The van der Waals surface area contributed by atoms with E-state index in [0.717, 1.165) is 45.2 Å². The fourth-order valence-electron chi connectivity index (χ4n) is 3.70. The number of likely N-dealkylation sites (tertiary alicyclic amines) is 1. The van der Waals surface area contributed by atoms with Crippen LogP contribution in [-0.2, 0) is 11.2 Å². The number of nitrogens with zero attached hydrogens (tertiary/aromatic N) is 1. The van der Waals surface area contributed by atoms with E-state index in [4.69, 9.17) is 5.73 Å². The van der Waals surface area contributed by atoms with Gasteiger partial charge in [0.2, 0.25) is 5.91 Å². The van der Waals surface area contributed by atoms with E-state index in [-0.39, 0.29) is 11.9 Å². The topological polar surface area (TPSA) is 46.3 Å². The Morgan fingerprint density at radius 3 is 2.54 bits per heavy atom. The van der Waals surface area contributed by atoms with Crippen molar-refractivity contribution >= 4 is 5.91 Å². The van der Waals surface area contributed by atoms with E-state index < -0.39 is 0 Å². The first-order chi connectivity index (χ1) is 12.6. The van der Waals surface area contributed by atoms with Crippen LogP contribution in [-0.4, -0.2) is 29.9 Å². The zero-order valence-corrected chi connectivity index (χ0v) is 16.4. The minimum Gasteiger partial charge on any atom is -0.343 e. The predicted molar refractivity (Wildman–Crippen MR) is 110 cm³/mol. The second kappa shape index (κ2) is 11.0. The van der Waals surface area contributed by atoms with Crippen molar-refractivity contribution in [3.63, 3.8) is 0 Å². The summed E-state index contributed by atoms with van der Waals surface area (Å²) in [6.07, 6.45) is 12.0. The number of piperidine rings is 1.